The van der Waals surface area contributed by atoms with Gasteiger partial charge in [-0.25, -0.2) is 4.39 Å². The number of nitrogens with one attached hydrogen (secondary N) is 1. The average Bonchev–Trinajstić information content (AvgIpc) is 2.67. The van der Waals surface area contributed by atoms with Crippen LogP contribution in [0.5, 0.6) is 0 Å². The van der Waals surface area contributed by atoms with E-state index in [1.54, 1.807) is 12.2 Å². The third kappa shape index (κ3) is 5.96. The second kappa shape index (κ2) is 9.98. The number of alkyl halides is 1. The summed E-state index contributed by atoms with van der Waals surface area (Å²) in [4.78, 5) is 29.0. The number of ether oxygens (including phenoxy) is 1. The van der Waals surface area contributed by atoms with Crippen LogP contribution in [0.3, 0.4) is 0 Å². The van der Waals surface area contributed by atoms with Gasteiger partial charge in [-0.2, -0.15) is 0 Å². The zero-order chi connectivity index (χ0) is 21.9. The Morgan fingerprint density at radius 3 is 2.47 bits per heavy atom. The standard InChI is InChI=1S/C21H30Cl2FN3O3/c1-14-11-30-12-15(2)27(14)19(28)10-26-5-3-21(24,4-6-26)13-25-20(29)16-7-17(22)9-18(23)8-16/h7,9,14-16H,3-6,8,10-13H2,1-2H3,(H,25,29)/t14-,15+,16?. The monoisotopic (exact) mass is 461 g/mol. The van der Waals surface area contributed by atoms with Crippen molar-refractivity contribution < 1.29 is 18.7 Å². The zero-order valence-electron chi connectivity index (χ0n) is 17.5. The average molecular weight is 462 g/mol. The Kier molecular flexibility index (Phi) is 7.82. The molecule has 3 rings (SSSR count). The number of hydrogen-bond acceptors (Lipinski definition) is 4. The molecule has 0 aromatic carbocycles. The van der Waals surface area contributed by atoms with Gasteiger partial charge in [0.05, 0.1) is 44.3 Å². The SMILES string of the molecule is C[C@@H]1COC[C@H](C)N1C(=O)CN1CCC(F)(CNC(=O)C2C=C(Cl)C=C(Cl)C2)CC1. The molecule has 1 unspecified atom stereocenters. The number of morpholine rings is 1. The maximum atomic E-state index is 15.2. The Morgan fingerprint density at radius 2 is 1.87 bits per heavy atom. The number of nitrogens with zero attached hydrogens (tertiary/aromatic N) is 2. The molecule has 1 N–H and O–H groups in total. The van der Waals surface area contributed by atoms with E-state index in [0.29, 0.717) is 42.8 Å². The van der Waals surface area contributed by atoms with Crippen LogP contribution in [-0.4, -0.2) is 78.8 Å². The van der Waals surface area contributed by atoms with Crippen molar-refractivity contribution in [2.45, 2.75) is 50.9 Å². The molecule has 2 amide bonds. The van der Waals surface area contributed by atoms with E-state index in [9.17, 15) is 9.59 Å². The first-order valence-electron chi connectivity index (χ1n) is 10.5. The van der Waals surface area contributed by atoms with Crippen LogP contribution in [0.2, 0.25) is 0 Å². The van der Waals surface area contributed by atoms with Gasteiger partial charge in [0, 0.05) is 23.2 Å². The van der Waals surface area contributed by atoms with Gasteiger partial charge in [-0.1, -0.05) is 29.3 Å². The van der Waals surface area contributed by atoms with E-state index in [1.807, 2.05) is 23.6 Å². The predicted octanol–water partition coefficient (Wildman–Crippen LogP) is 2.81. The molecule has 30 heavy (non-hydrogen) atoms. The minimum atomic E-state index is -1.48. The molecule has 0 aromatic heterocycles. The van der Waals surface area contributed by atoms with Crippen molar-refractivity contribution in [1.82, 2.24) is 15.1 Å². The number of carbonyl (C=O) groups is 2. The molecule has 0 bridgehead atoms. The number of carbonyl (C=O) groups excluding carboxylic acids is 2. The van der Waals surface area contributed by atoms with Crippen LogP contribution in [0.25, 0.3) is 0 Å². The maximum Gasteiger partial charge on any atom is 0.237 e. The summed E-state index contributed by atoms with van der Waals surface area (Å²) < 4.78 is 20.7. The third-order valence-corrected chi connectivity index (χ3v) is 6.55. The number of hydrogen-bond donors (Lipinski definition) is 1. The lowest BCUT2D eigenvalue weighted by Gasteiger charge is -2.41. The lowest BCUT2D eigenvalue weighted by molar-refractivity contribution is -0.146. The van der Waals surface area contributed by atoms with Crippen LogP contribution in [0.1, 0.15) is 33.1 Å². The highest BCUT2D eigenvalue weighted by molar-refractivity contribution is 6.35. The van der Waals surface area contributed by atoms with E-state index in [-0.39, 0.29) is 49.8 Å². The minimum Gasteiger partial charge on any atom is -0.377 e. The molecule has 0 radical (unpaired) electrons. The van der Waals surface area contributed by atoms with Crippen LogP contribution >= 0.6 is 23.2 Å². The molecule has 2 fully saturated rings. The molecule has 0 saturated carbocycles. The summed E-state index contributed by atoms with van der Waals surface area (Å²) in [6, 6.07) is 0.0967. The fourth-order valence-electron chi connectivity index (χ4n) is 4.32. The first-order chi connectivity index (χ1) is 14.2. The van der Waals surface area contributed by atoms with Crippen LogP contribution in [0.15, 0.2) is 22.2 Å². The second-order valence-corrected chi connectivity index (χ2v) is 9.56. The van der Waals surface area contributed by atoms with Gasteiger partial charge in [-0.05, 0) is 39.2 Å². The number of allylic oxidation sites excluding steroid dienone is 3. The summed E-state index contributed by atoms with van der Waals surface area (Å²) in [5.41, 5.74) is -1.48. The van der Waals surface area contributed by atoms with Gasteiger partial charge >= 0.3 is 0 Å². The first-order valence-corrected chi connectivity index (χ1v) is 11.2. The predicted molar refractivity (Wildman–Crippen MR) is 115 cm³/mol. The van der Waals surface area contributed by atoms with Crippen LogP contribution in [-0.2, 0) is 14.3 Å². The molecule has 1 aliphatic carbocycles. The minimum absolute atomic E-state index is 0.0472. The lowest BCUT2D eigenvalue weighted by Crippen LogP contribution is -2.56. The topological polar surface area (TPSA) is 61.9 Å². The molecule has 2 heterocycles. The Labute approximate surface area is 187 Å². The van der Waals surface area contributed by atoms with Crippen LogP contribution < -0.4 is 5.32 Å². The van der Waals surface area contributed by atoms with Gasteiger partial charge in [-0.15, -0.1) is 0 Å². The summed E-state index contributed by atoms with van der Waals surface area (Å²) in [6.07, 6.45) is 4.17. The molecule has 9 heteroatoms. The third-order valence-electron chi connectivity index (χ3n) is 6.05. The smallest absolute Gasteiger partial charge is 0.237 e. The number of likely N-dealkylation sites (tertiary alicyclic amines) is 1. The Morgan fingerprint density at radius 1 is 1.23 bits per heavy atom. The van der Waals surface area contributed by atoms with E-state index in [1.165, 1.54) is 0 Å². The largest absolute Gasteiger partial charge is 0.377 e. The van der Waals surface area contributed by atoms with Gasteiger partial charge < -0.3 is 15.0 Å². The van der Waals surface area contributed by atoms with Crippen molar-refractivity contribution in [1.29, 1.82) is 0 Å². The number of piperidine rings is 1. The molecule has 3 atom stereocenters. The molecule has 0 spiro atoms. The molecule has 168 valence electrons. The maximum absolute atomic E-state index is 15.2. The molecular formula is C21H30Cl2FN3O3. The molecule has 0 aromatic rings. The fourth-order valence-corrected chi connectivity index (χ4v) is 4.94. The summed E-state index contributed by atoms with van der Waals surface area (Å²) >= 11 is 12.0. The Hall–Kier alpha value is -1.15. The van der Waals surface area contributed by atoms with E-state index < -0.39 is 11.6 Å². The van der Waals surface area contributed by atoms with Crippen LogP contribution in [0, 0.1) is 5.92 Å². The number of halogens is 3. The van der Waals surface area contributed by atoms with Crippen molar-refractivity contribution in [2.75, 3.05) is 39.4 Å². The molecule has 2 saturated heterocycles. The summed E-state index contributed by atoms with van der Waals surface area (Å²) in [6.45, 7) is 6.26. The highest BCUT2D eigenvalue weighted by Gasteiger charge is 2.37. The Bertz CT molecular complexity index is 712. The molecule has 3 aliphatic rings. The van der Waals surface area contributed by atoms with Crippen LogP contribution in [0.4, 0.5) is 4.39 Å². The normalized spacial score (nSPS) is 29.8. The highest BCUT2D eigenvalue weighted by atomic mass is 35.5. The van der Waals surface area contributed by atoms with Gasteiger partial charge in [0.25, 0.3) is 0 Å². The zero-order valence-corrected chi connectivity index (χ0v) is 19.0. The van der Waals surface area contributed by atoms with E-state index >= 15 is 4.39 Å². The fraction of sp³-hybridized carbons (Fsp3) is 0.714. The first kappa shape index (κ1) is 23.5. The number of rotatable bonds is 5. The van der Waals surface area contributed by atoms with Gasteiger partial charge in [-0.3, -0.25) is 14.5 Å². The van der Waals surface area contributed by atoms with Crippen molar-refractivity contribution in [2.24, 2.45) is 5.92 Å². The highest BCUT2D eigenvalue weighted by Crippen LogP contribution is 2.29. The van der Waals surface area contributed by atoms with Crippen molar-refractivity contribution in [3.63, 3.8) is 0 Å². The summed E-state index contributed by atoms with van der Waals surface area (Å²) in [5, 5.41) is 3.65. The van der Waals surface area contributed by atoms with E-state index in [2.05, 4.69) is 5.32 Å². The molecule has 2 aliphatic heterocycles. The van der Waals surface area contributed by atoms with Gasteiger partial charge in [0.15, 0.2) is 0 Å². The van der Waals surface area contributed by atoms with Gasteiger partial charge in [0.1, 0.15) is 5.67 Å². The van der Waals surface area contributed by atoms with E-state index in [0.717, 1.165) is 0 Å². The Balaban J connectivity index is 1.44. The van der Waals surface area contributed by atoms with E-state index in [4.69, 9.17) is 27.9 Å². The van der Waals surface area contributed by atoms with Crippen molar-refractivity contribution in [3.8, 4) is 0 Å². The molecule has 6 nitrogen and oxygen atoms in total. The summed E-state index contributed by atoms with van der Waals surface area (Å²) in [5.74, 6) is -0.693. The number of amides is 2. The summed E-state index contributed by atoms with van der Waals surface area (Å²) in [7, 11) is 0. The molecular weight excluding hydrogens is 432 g/mol. The quantitative estimate of drug-likeness (QED) is 0.683. The van der Waals surface area contributed by atoms with Crippen molar-refractivity contribution >= 4 is 35.0 Å². The lowest BCUT2D eigenvalue weighted by atomic mass is 9.92. The van der Waals surface area contributed by atoms with Gasteiger partial charge in [0.2, 0.25) is 11.8 Å². The second-order valence-electron chi connectivity index (χ2n) is 8.63. The van der Waals surface area contributed by atoms with Crippen molar-refractivity contribution in [3.05, 3.63) is 22.2 Å².